The highest BCUT2D eigenvalue weighted by molar-refractivity contribution is 7.09. The minimum absolute atomic E-state index is 0.493. The van der Waals surface area contributed by atoms with Crippen molar-refractivity contribution in [2.45, 2.75) is 348 Å². The van der Waals surface area contributed by atoms with Crippen LogP contribution in [0.4, 0.5) is 0 Å². The Labute approximate surface area is 427 Å². The van der Waals surface area contributed by atoms with Crippen LogP contribution < -0.4 is 0 Å². The maximum absolute atomic E-state index is 6.99. The lowest BCUT2D eigenvalue weighted by molar-refractivity contribution is 0.0519. The van der Waals surface area contributed by atoms with Crippen molar-refractivity contribution in [3.05, 3.63) is 22.4 Å². The van der Waals surface area contributed by atoms with Crippen molar-refractivity contribution < 1.29 is 13.3 Å². The summed E-state index contributed by atoms with van der Waals surface area (Å²) in [7, 11) is -2.81. The molecule has 1 heterocycles. The topological polar surface area (TPSA) is 27.7 Å². The number of thiophene rings is 1. The van der Waals surface area contributed by atoms with Crippen LogP contribution >= 0.6 is 11.3 Å². The molecule has 3 nitrogen and oxygen atoms in total. The van der Waals surface area contributed by atoms with Gasteiger partial charge in [0.1, 0.15) is 0 Å². The monoisotopic (exact) mass is 975 g/mol. The van der Waals surface area contributed by atoms with Crippen molar-refractivity contribution in [2.24, 2.45) is 5.92 Å². The summed E-state index contributed by atoms with van der Waals surface area (Å²) in [4.78, 5) is 1.48. The van der Waals surface area contributed by atoms with Crippen molar-refractivity contribution in [1.82, 2.24) is 0 Å². The second-order valence-corrected chi connectivity index (χ2v) is 25.4. The molecule has 0 fully saturated rings. The zero-order chi connectivity index (χ0) is 48.1. The summed E-state index contributed by atoms with van der Waals surface area (Å²) < 4.78 is 21.0. The van der Waals surface area contributed by atoms with Crippen LogP contribution in [0.1, 0.15) is 341 Å². The Bertz CT molecular complexity index is 941. The molecule has 1 aromatic rings. The highest BCUT2D eigenvalue weighted by Gasteiger charge is 2.42. The Hall–Kier alpha value is -0.203. The van der Waals surface area contributed by atoms with E-state index in [4.69, 9.17) is 13.3 Å². The first kappa shape index (κ1) is 64.8. The summed E-state index contributed by atoms with van der Waals surface area (Å²) >= 11 is 1.89. The lowest BCUT2D eigenvalue weighted by Gasteiger charge is -2.32. The van der Waals surface area contributed by atoms with Crippen LogP contribution in [-0.4, -0.2) is 28.6 Å². The van der Waals surface area contributed by atoms with Gasteiger partial charge in [-0.05, 0) is 43.0 Å². The molecule has 0 saturated carbocycles. The van der Waals surface area contributed by atoms with Crippen LogP contribution in [0.25, 0.3) is 0 Å². The molecule has 1 unspecified atom stereocenters. The molecule has 1 atom stereocenters. The third kappa shape index (κ3) is 46.6. The molecule has 0 bridgehead atoms. The second kappa shape index (κ2) is 53.6. The number of unbranched alkanes of at least 4 members (excludes halogenated alkanes) is 45. The first-order chi connectivity index (χ1) is 33.2. The maximum atomic E-state index is 6.99. The number of hydrogen-bond acceptors (Lipinski definition) is 4. The van der Waals surface area contributed by atoms with Gasteiger partial charge in [-0.3, -0.25) is 0 Å². The molecule has 5 heteroatoms. The molecule has 0 radical (unpaired) electrons. The Balaban J connectivity index is 2.50. The molecule has 1 aromatic heterocycles. The van der Waals surface area contributed by atoms with Crippen molar-refractivity contribution >= 4 is 20.1 Å². The average molecular weight is 976 g/mol. The average Bonchev–Trinajstić information content (AvgIpc) is 3.85. The van der Waals surface area contributed by atoms with Crippen LogP contribution in [0.3, 0.4) is 0 Å². The number of hydrogen-bond donors (Lipinski definition) is 0. The van der Waals surface area contributed by atoms with Crippen LogP contribution in [-0.2, 0) is 19.7 Å². The summed E-state index contributed by atoms with van der Waals surface area (Å²) in [5, 5.41) is 2.22. The van der Waals surface area contributed by atoms with Gasteiger partial charge in [-0.2, -0.15) is 0 Å². The smallest absolute Gasteiger partial charge is 0.373 e. The second-order valence-electron chi connectivity index (χ2n) is 21.7. The Morgan fingerprint density at radius 2 is 0.567 bits per heavy atom. The Morgan fingerprint density at radius 3 is 0.776 bits per heavy atom. The molecule has 0 aliphatic rings. The standard InChI is InChI=1S/C62H122O3SSi/c1-5-8-11-14-17-20-23-26-29-32-35-38-41-44-47-50-55-63-67(60-61(4)59-62-54-53-58-66-62,64-56-51-48-45-42-39-36-33-30-27-24-21-18-15-12-9-6-2)65-57-52-49-46-43-40-37-34-31-28-25-22-19-16-13-10-7-3/h53-54,58,61H,5-52,55-57,59-60H2,1-4H3. The Morgan fingerprint density at radius 1 is 0.343 bits per heavy atom. The molecule has 0 aliphatic heterocycles. The van der Waals surface area contributed by atoms with Gasteiger partial charge < -0.3 is 13.3 Å². The van der Waals surface area contributed by atoms with Gasteiger partial charge in [0.15, 0.2) is 0 Å². The van der Waals surface area contributed by atoms with Crippen molar-refractivity contribution in [1.29, 1.82) is 0 Å². The fourth-order valence-electron chi connectivity index (χ4n) is 10.2. The van der Waals surface area contributed by atoms with Gasteiger partial charge in [-0.15, -0.1) is 11.3 Å². The maximum Gasteiger partial charge on any atom is 0.501 e. The van der Waals surface area contributed by atoms with Gasteiger partial charge in [-0.1, -0.05) is 323 Å². The van der Waals surface area contributed by atoms with E-state index in [0.29, 0.717) is 5.92 Å². The first-order valence-corrected chi connectivity index (χ1v) is 33.9. The number of rotatable bonds is 58. The molecule has 0 aliphatic carbocycles. The van der Waals surface area contributed by atoms with Gasteiger partial charge in [0.05, 0.1) is 0 Å². The van der Waals surface area contributed by atoms with E-state index in [2.05, 4.69) is 45.2 Å². The molecular weight excluding hydrogens is 853 g/mol. The summed E-state index contributed by atoms with van der Waals surface area (Å²) in [5.41, 5.74) is 0. The predicted molar refractivity (Wildman–Crippen MR) is 304 cm³/mol. The van der Waals surface area contributed by atoms with E-state index in [1.54, 1.807) is 0 Å². The molecule has 0 spiro atoms. The van der Waals surface area contributed by atoms with Gasteiger partial charge in [0.2, 0.25) is 0 Å². The van der Waals surface area contributed by atoms with E-state index in [-0.39, 0.29) is 0 Å². The first-order valence-electron chi connectivity index (χ1n) is 31.1. The summed E-state index contributed by atoms with van der Waals surface area (Å²) in [5.74, 6) is 0.493. The van der Waals surface area contributed by atoms with Crippen LogP contribution in [0, 0.1) is 5.92 Å². The van der Waals surface area contributed by atoms with E-state index < -0.39 is 8.80 Å². The van der Waals surface area contributed by atoms with Gasteiger partial charge in [-0.25, -0.2) is 0 Å². The molecule has 1 rings (SSSR count). The SMILES string of the molecule is CCCCCCCCCCCCCCCCCCO[Si](CC(C)Cc1cccs1)(OCCCCCCCCCCCCCCCCCC)OCCCCCCCCCCCCCCCCCC. The fourth-order valence-corrected chi connectivity index (χ4v) is 14.0. The van der Waals surface area contributed by atoms with E-state index in [0.717, 1.165) is 51.5 Å². The molecule has 0 N–H and O–H groups in total. The quantitative estimate of drug-likeness (QED) is 0.0481. The highest BCUT2D eigenvalue weighted by Crippen LogP contribution is 2.28. The minimum Gasteiger partial charge on any atom is -0.373 e. The lowest BCUT2D eigenvalue weighted by atomic mass is 10.0. The summed E-state index contributed by atoms with van der Waals surface area (Å²) in [6.07, 6.45) is 68.1. The lowest BCUT2D eigenvalue weighted by Crippen LogP contribution is -2.48. The zero-order valence-electron chi connectivity index (χ0n) is 46.4. The van der Waals surface area contributed by atoms with E-state index in [9.17, 15) is 0 Å². The zero-order valence-corrected chi connectivity index (χ0v) is 48.2. The molecule has 0 amide bonds. The third-order valence-corrected chi connectivity index (χ3v) is 18.7. The van der Waals surface area contributed by atoms with Crippen LogP contribution in [0.2, 0.25) is 6.04 Å². The summed E-state index contributed by atoms with van der Waals surface area (Å²) in [6.45, 7) is 11.7. The van der Waals surface area contributed by atoms with E-state index >= 15 is 0 Å². The Kier molecular flexibility index (Phi) is 51.8. The van der Waals surface area contributed by atoms with Crippen molar-refractivity contribution in [2.75, 3.05) is 19.8 Å². The van der Waals surface area contributed by atoms with Gasteiger partial charge in [0, 0.05) is 30.7 Å². The largest absolute Gasteiger partial charge is 0.501 e. The molecule has 0 aromatic carbocycles. The third-order valence-electron chi connectivity index (χ3n) is 14.7. The molecular formula is C62H122O3SSi. The minimum atomic E-state index is -2.81. The van der Waals surface area contributed by atoms with Crippen LogP contribution in [0.5, 0.6) is 0 Å². The normalized spacial score (nSPS) is 12.5. The predicted octanol–water partition coefficient (Wildman–Crippen LogP) is 22.7. The molecule has 398 valence electrons. The van der Waals surface area contributed by atoms with Crippen LogP contribution in [0.15, 0.2) is 17.5 Å². The van der Waals surface area contributed by atoms with Crippen molar-refractivity contribution in [3.8, 4) is 0 Å². The van der Waals surface area contributed by atoms with Gasteiger partial charge in [0.25, 0.3) is 0 Å². The fraction of sp³-hybridized carbons (Fsp3) is 0.935. The summed E-state index contributed by atoms with van der Waals surface area (Å²) in [6, 6.07) is 5.45. The highest BCUT2D eigenvalue weighted by atomic mass is 32.1. The van der Waals surface area contributed by atoms with Crippen molar-refractivity contribution in [3.63, 3.8) is 0 Å². The van der Waals surface area contributed by atoms with E-state index in [1.807, 2.05) is 11.3 Å². The van der Waals surface area contributed by atoms with E-state index in [1.165, 1.54) is 294 Å². The molecule has 0 saturated heterocycles. The molecule has 67 heavy (non-hydrogen) atoms. The van der Waals surface area contributed by atoms with Gasteiger partial charge >= 0.3 is 8.80 Å².